The summed E-state index contributed by atoms with van der Waals surface area (Å²) in [6, 6.07) is 8.34. The quantitative estimate of drug-likeness (QED) is 0.869. The van der Waals surface area contributed by atoms with Crippen molar-refractivity contribution in [1.29, 1.82) is 0 Å². The maximum atomic E-state index is 9.97. The Morgan fingerprint density at radius 1 is 1.50 bits per heavy atom. The first-order chi connectivity index (χ1) is 6.77. The molecule has 76 valence electrons. The Bertz CT molecular complexity index is 312. The highest BCUT2D eigenvalue weighted by atomic mass is 79.9. The molecule has 2 atom stereocenters. The maximum absolute atomic E-state index is 9.97. The van der Waals surface area contributed by atoms with Crippen molar-refractivity contribution in [2.45, 2.75) is 25.0 Å². The van der Waals surface area contributed by atoms with Crippen LogP contribution in [0.3, 0.4) is 0 Å². The third-order valence-electron chi connectivity index (χ3n) is 2.70. The molecule has 0 amide bonds. The number of hydrogen-bond acceptors (Lipinski definition) is 2. The topological polar surface area (TPSA) is 32.3 Å². The van der Waals surface area contributed by atoms with E-state index in [0.717, 1.165) is 23.0 Å². The minimum atomic E-state index is -0.358. The van der Waals surface area contributed by atoms with Crippen molar-refractivity contribution < 1.29 is 5.11 Å². The molecule has 0 bridgehead atoms. The van der Waals surface area contributed by atoms with Crippen LogP contribution in [0.4, 0.5) is 0 Å². The summed E-state index contributed by atoms with van der Waals surface area (Å²) in [7, 11) is 0. The van der Waals surface area contributed by atoms with E-state index in [1.807, 2.05) is 24.3 Å². The molecule has 14 heavy (non-hydrogen) atoms. The molecule has 2 rings (SSSR count). The normalized spacial score (nSPS) is 22.9. The Labute approximate surface area is 92.5 Å². The first kappa shape index (κ1) is 10.1. The molecule has 2 nitrogen and oxygen atoms in total. The first-order valence-corrected chi connectivity index (χ1v) is 5.72. The molecule has 1 aromatic rings. The van der Waals surface area contributed by atoms with Gasteiger partial charge in [0, 0.05) is 10.5 Å². The van der Waals surface area contributed by atoms with E-state index in [9.17, 15) is 5.11 Å². The lowest BCUT2D eigenvalue weighted by molar-refractivity contribution is 0.135. The lowest BCUT2D eigenvalue weighted by Crippen LogP contribution is -2.43. The molecule has 0 aromatic heterocycles. The van der Waals surface area contributed by atoms with Gasteiger partial charge in [0.05, 0.1) is 6.10 Å². The Morgan fingerprint density at radius 3 is 2.79 bits per heavy atom. The number of aliphatic hydroxyl groups is 1. The molecule has 3 heteroatoms. The Morgan fingerprint density at radius 2 is 2.21 bits per heavy atom. The largest absolute Gasteiger partial charge is 0.388 e. The van der Waals surface area contributed by atoms with Gasteiger partial charge in [-0.1, -0.05) is 34.1 Å². The molecule has 1 fully saturated rings. The Hall–Kier alpha value is -0.380. The van der Waals surface area contributed by atoms with Crippen LogP contribution in [-0.4, -0.2) is 17.7 Å². The Balaban J connectivity index is 2.02. The van der Waals surface area contributed by atoms with Crippen LogP contribution in [0.1, 0.15) is 24.5 Å². The van der Waals surface area contributed by atoms with Gasteiger partial charge < -0.3 is 10.4 Å². The summed E-state index contributed by atoms with van der Waals surface area (Å²) in [4.78, 5) is 0. The number of nitrogens with one attached hydrogen (secondary N) is 1. The van der Waals surface area contributed by atoms with Crippen LogP contribution in [0.15, 0.2) is 28.7 Å². The van der Waals surface area contributed by atoms with E-state index in [1.165, 1.54) is 6.42 Å². The number of rotatable bonds is 3. The van der Waals surface area contributed by atoms with Gasteiger partial charge in [-0.25, -0.2) is 0 Å². The molecular formula is C11H14BrNO. The van der Waals surface area contributed by atoms with Gasteiger partial charge in [-0.2, -0.15) is 0 Å². The van der Waals surface area contributed by atoms with Crippen LogP contribution in [0.2, 0.25) is 0 Å². The number of halogens is 1. The van der Waals surface area contributed by atoms with E-state index in [1.54, 1.807) is 0 Å². The van der Waals surface area contributed by atoms with Gasteiger partial charge in [0.1, 0.15) is 0 Å². The maximum Gasteiger partial charge on any atom is 0.0815 e. The highest BCUT2D eigenvalue weighted by Gasteiger charge is 2.21. The van der Waals surface area contributed by atoms with Crippen molar-refractivity contribution in [1.82, 2.24) is 5.32 Å². The lowest BCUT2D eigenvalue weighted by atomic mass is 9.96. The fourth-order valence-electron chi connectivity index (χ4n) is 1.69. The van der Waals surface area contributed by atoms with Crippen molar-refractivity contribution in [2.75, 3.05) is 6.54 Å². The molecule has 0 spiro atoms. The minimum absolute atomic E-state index is 0.358. The summed E-state index contributed by atoms with van der Waals surface area (Å²) in [5.41, 5.74) is 0.987. The Kier molecular flexibility index (Phi) is 3.21. The van der Waals surface area contributed by atoms with Crippen molar-refractivity contribution in [2.24, 2.45) is 0 Å². The average molecular weight is 256 g/mol. The van der Waals surface area contributed by atoms with Gasteiger partial charge in [0.15, 0.2) is 0 Å². The summed E-state index contributed by atoms with van der Waals surface area (Å²) in [5, 5.41) is 13.3. The van der Waals surface area contributed by atoms with E-state index in [-0.39, 0.29) is 6.10 Å². The van der Waals surface area contributed by atoms with Gasteiger partial charge in [0.25, 0.3) is 0 Å². The molecule has 0 aliphatic carbocycles. The third kappa shape index (κ3) is 2.16. The fraction of sp³-hybridized carbons (Fsp3) is 0.455. The second-order valence-corrected chi connectivity index (χ2v) is 4.57. The van der Waals surface area contributed by atoms with Gasteiger partial charge >= 0.3 is 0 Å². The van der Waals surface area contributed by atoms with Crippen LogP contribution in [-0.2, 0) is 0 Å². The van der Waals surface area contributed by atoms with Crippen molar-refractivity contribution in [3.05, 3.63) is 34.3 Å². The van der Waals surface area contributed by atoms with Crippen LogP contribution < -0.4 is 5.32 Å². The van der Waals surface area contributed by atoms with E-state index >= 15 is 0 Å². The molecule has 2 N–H and O–H groups in total. The molecule has 1 heterocycles. The van der Waals surface area contributed by atoms with E-state index in [2.05, 4.69) is 21.2 Å². The van der Waals surface area contributed by atoms with E-state index < -0.39 is 0 Å². The SMILES string of the molecule is OC(CC1CCN1)c1ccccc1Br. The predicted molar refractivity (Wildman–Crippen MR) is 60.1 cm³/mol. The summed E-state index contributed by atoms with van der Waals surface area (Å²) < 4.78 is 0.992. The highest BCUT2D eigenvalue weighted by molar-refractivity contribution is 9.10. The van der Waals surface area contributed by atoms with Crippen LogP contribution in [0, 0.1) is 0 Å². The van der Waals surface area contributed by atoms with Crippen LogP contribution in [0.5, 0.6) is 0 Å². The molecule has 1 aromatic carbocycles. The predicted octanol–water partition coefficient (Wildman–Crippen LogP) is 2.23. The lowest BCUT2D eigenvalue weighted by Gasteiger charge is -2.29. The molecule has 1 aliphatic heterocycles. The number of hydrogen-bond donors (Lipinski definition) is 2. The fourth-order valence-corrected chi connectivity index (χ4v) is 2.24. The van der Waals surface area contributed by atoms with E-state index in [4.69, 9.17) is 0 Å². The molecule has 1 saturated heterocycles. The van der Waals surface area contributed by atoms with Crippen molar-refractivity contribution in [3.8, 4) is 0 Å². The second-order valence-electron chi connectivity index (χ2n) is 3.71. The molecular weight excluding hydrogens is 242 g/mol. The second kappa shape index (κ2) is 4.43. The summed E-state index contributed by atoms with van der Waals surface area (Å²) in [6.45, 7) is 1.09. The number of benzene rings is 1. The minimum Gasteiger partial charge on any atom is -0.388 e. The van der Waals surface area contributed by atoms with Gasteiger partial charge in [-0.15, -0.1) is 0 Å². The van der Waals surface area contributed by atoms with Crippen LogP contribution >= 0.6 is 15.9 Å². The molecule has 0 radical (unpaired) electrons. The van der Waals surface area contributed by atoms with Crippen molar-refractivity contribution >= 4 is 15.9 Å². The summed E-state index contributed by atoms with van der Waals surface area (Å²) in [5.74, 6) is 0. The number of aliphatic hydroxyl groups excluding tert-OH is 1. The summed E-state index contributed by atoms with van der Waals surface area (Å²) >= 11 is 3.45. The molecule has 2 unspecified atom stereocenters. The summed E-state index contributed by atoms with van der Waals surface area (Å²) in [6.07, 6.45) is 1.63. The van der Waals surface area contributed by atoms with Crippen LogP contribution in [0.25, 0.3) is 0 Å². The standard InChI is InChI=1S/C11H14BrNO/c12-10-4-2-1-3-9(10)11(14)7-8-5-6-13-8/h1-4,8,11,13-14H,5-7H2. The third-order valence-corrected chi connectivity index (χ3v) is 3.42. The van der Waals surface area contributed by atoms with Crippen molar-refractivity contribution in [3.63, 3.8) is 0 Å². The van der Waals surface area contributed by atoms with E-state index in [0.29, 0.717) is 6.04 Å². The molecule has 1 aliphatic rings. The smallest absolute Gasteiger partial charge is 0.0815 e. The van der Waals surface area contributed by atoms with Gasteiger partial charge in [-0.05, 0) is 31.0 Å². The first-order valence-electron chi connectivity index (χ1n) is 4.93. The van der Waals surface area contributed by atoms with Gasteiger partial charge in [0.2, 0.25) is 0 Å². The average Bonchev–Trinajstić information content (AvgIpc) is 2.12. The highest BCUT2D eigenvalue weighted by Crippen LogP contribution is 2.27. The zero-order valence-electron chi connectivity index (χ0n) is 7.91. The van der Waals surface area contributed by atoms with Gasteiger partial charge in [-0.3, -0.25) is 0 Å². The zero-order chi connectivity index (χ0) is 9.97. The zero-order valence-corrected chi connectivity index (χ0v) is 9.50. The monoisotopic (exact) mass is 255 g/mol. The molecule has 0 saturated carbocycles.